The summed E-state index contributed by atoms with van der Waals surface area (Å²) in [5.41, 5.74) is 0.230. The van der Waals surface area contributed by atoms with E-state index in [0.29, 0.717) is 5.39 Å². The Bertz CT molecular complexity index is 1240. The van der Waals surface area contributed by atoms with Gasteiger partial charge in [-0.1, -0.05) is 24.3 Å². The van der Waals surface area contributed by atoms with E-state index in [0.717, 1.165) is 35.3 Å². The highest BCUT2D eigenvalue weighted by Crippen LogP contribution is 2.30. The number of benzene rings is 3. The van der Waals surface area contributed by atoms with Gasteiger partial charge in [0.2, 0.25) is 10.0 Å². The molecule has 0 aliphatic rings. The largest absolute Gasteiger partial charge is 0.416 e. The number of amides is 2. The number of rotatable bonds is 7. The minimum Gasteiger partial charge on any atom is -0.377 e. The first-order valence-corrected chi connectivity index (χ1v) is 11.4. The topological polar surface area (TPSA) is 90.5 Å². The molecule has 0 saturated carbocycles. The summed E-state index contributed by atoms with van der Waals surface area (Å²) in [4.78, 5) is 14.0. The molecule has 3 N–H and O–H groups in total. The van der Waals surface area contributed by atoms with Gasteiger partial charge in [-0.3, -0.25) is 0 Å². The normalized spacial score (nSPS) is 11.9. The Labute approximate surface area is 189 Å². The van der Waals surface area contributed by atoms with Crippen LogP contribution in [0.5, 0.6) is 0 Å². The van der Waals surface area contributed by atoms with Crippen LogP contribution in [0.2, 0.25) is 0 Å². The van der Waals surface area contributed by atoms with Crippen LogP contribution in [0.15, 0.2) is 65.6 Å². The summed E-state index contributed by atoms with van der Waals surface area (Å²) in [5.74, 6) is 0. The van der Waals surface area contributed by atoms with Crippen molar-refractivity contribution in [3.05, 3.63) is 66.2 Å². The molecule has 2 amide bonds. The molecule has 33 heavy (non-hydrogen) atoms. The molecular weight excluding hydrogens is 457 g/mol. The first-order valence-electron chi connectivity index (χ1n) is 9.90. The summed E-state index contributed by atoms with van der Waals surface area (Å²) >= 11 is 0. The van der Waals surface area contributed by atoms with Gasteiger partial charge in [0, 0.05) is 49.3 Å². The van der Waals surface area contributed by atoms with Gasteiger partial charge in [-0.15, -0.1) is 0 Å². The number of alkyl halides is 3. The van der Waals surface area contributed by atoms with Crippen molar-refractivity contribution in [2.24, 2.45) is 0 Å². The minimum atomic E-state index is -4.46. The Kier molecular flexibility index (Phi) is 7.13. The first-order chi connectivity index (χ1) is 15.5. The molecule has 0 atom stereocenters. The number of nitrogens with zero attached hydrogens (tertiary/aromatic N) is 1. The lowest BCUT2D eigenvalue weighted by molar-refractivity contribution is -0.137. The Hall–Kier alpha value is -3.31. The van der Waals surface area contributed by atoms with Crippen molar-refractivity contribution in [3.8, 4) is 0 Å². The second kappa shape index (κ2) is 9.67. The van der Waals surface area contributed by atoms with E-state index in [4.69, 9.17) is 0 Å². The predicted octanol–water partition coefficient (Wildman–Crippen LogP) is 4.02. The Morgan fingerprint density at radius 1 is 0.909 bits per heavy atom. The van der Waals surface area contributed by atoms with Crippen molar-refractivity contribution >= 4 is 38.2 Å². The van der Waals surface area contributed by atoms with E-state index >= 15 is 0 Å². The zero-order valence-electron chi connectivity index (χ0n) is 17.9. The lowest BCUT2D eigenvalue weighted by Crippen LogP contribution is -2.36. The number of hydrogen-bond acceptors (Lipinski definition) is 4. The highest BCUT2D eigenvalue weighted by Gasteiger charge is 2.30. The molecule has 176 valence electrons. The highest BCUT2D eigenvalue weighted by molar-refractivity contribution is 7.89. The van der Waals surface area contributed by atoms with Crippen LogP contribution in [-0.2, 0) is 16.2 Å². The first kappa shape index (κ1) is 24.3. The molecule has 0 radical (unpaired) electrons. The second-order valence-corrected chi connectivity index (χ2v) is 9.11. The molecule has 0 saturated heterocycles. The van der Waals surface area contributed by atoms with Gasteiger partial charge in [0.1, 0.15) is 0 Å². The second-order valence-electron chi connectivity index (χ2n) is 7.38. The number of anilines is 2. The van der Waals surface area contributed by atoms with Gasteiger partial charge < -0.3 is 15.5 Å². The molecule has 0 aliphatic carbocycles. The van der Waals surface area contributed by atoms with Gasteiger partial charge in [0.15, 0.2) is 0 Å². The third-order valence-corrected chi connectivity index (χ3v) is 6.32. The van der Waals surface area contributed by atoms with E-state index in [9.17, 15) is 26.4 Å². The lowest BCUT2D eigenvalue weighted by atomic mass is 10.1. The lowest BCUT2D eigenvalue weighted by Gasteiger charge is -2.17. The van der Waals surface area contributed by atoms with Crippen molar-refractivity contribution in [2.75, 3.05) is 37.4 Å². The highest BCUT2D eigenvalue weighted by atomic mass is 32.2. The maximum atomic E-state index is 12.8. The Morgan fingerprint density at radius 2 is 1.55 bits per heavy atom. The van der Waals surface area contributed by atoms with E-state index in [1.54, 1.807) is 18.2 Å². The van der Waals surface area contributed by atoms with Crippen LogP contribution < -0.4 is 20.3 Å². The predicted molar refractivity (Wildman–Crippen MR) is 122 cm³/mol. The van der Waals surface area contributed by atoms with E-state index in [2.05, 4.69) is 15.4 Å². The van der Waals surface area contributed by atoms with Crippen LogP contribution in [0.4, 0.5) is 29.3 Å². The van der Waals surface area contributed by atoms with Crippen molar-refractivity contribution in [2.45, 2.75) is 11.1 Å². The summed E-state index contributed by atoms with van der Waals surface area (Å²) in [5, 5.41) is 6.21. The van der Waals surface area contributed by atoms with Crippen LogP contribution in [0.3, 0.4) is 0 Å². The maximum Gasteiger partial charge on any atom is 0.416 e. The van der Waals surface area contributed by atoms with E-state index < -0.39 is 27.8 Å². The number of carbonyl (C=O) groups is 1. The van der Waals surface area contributed by atoms with Crippen molar-refractivity contribution in [1.29, 1.82) is 0 Å². The Balaban J connectivity index is 1.58. The van der Waals surface area contributed by atoms with Crippen LogP contribution in [0.1, 0.15) is 5.56 Å². The van der Waals surface area contributed by atoms with Crippen LogP contribution in [0.25, 0.3) is 10.8 Å². The fourth-order valence-electron chi connectivity index (χ4n) is 3.25. The number of halogens is 3. The van der Waals surface area contributed by atoms with Gasteiger partial charge in [0.05, 0.1) is 10.5 Å². The maximum absolute atomic E-state index is 12.8. The zero-order chi connectivity index (χ0) is 24.2. The average Bonchev–Trinajstić information content (AvgIpc) is 2.75. The van der Waals surface area contributed by atoms with Crippen molar-refractivity contribution < 1.29 is 26.4 Å². The SMILES string of the molecule is CN(C)c1cccc2c(S(=O)(=O)NCCNC(=O)Nc3ccc(C(F)(F)F)cc3)cccc12. The molecular formula is C22H23F3N4O3S. The molecule has 0 heterocycles. The van der Waals surface area contributed by atoms with Crippen molar-refractivity contribution in [1.82, 2.24) is 10.0 Å². The number of nitrogens with one attached hydrogen (secondary N) is 3. The number of hydrogen-bond donors (Lipinski definition) is 3. The molecule has 3 rings (SSSR count). The standard InChI is InChI=1S/C22H23F3N4O3S/c1-29(2)19-7-3-6-18-17(19)5-4-8-20(18)33(31,32)27-14-13-26-21(30)28-16-11-9-15(10-12-16)22(23,24)25/h3-12,27H,13-14H2,1-2H3,(H2,26,28,30). The molecule has 0 fully saturated rings. The molecule has 11 heteroatoms. The molecule has 0 bridgehead atoms. The summed E-state index contributed by atoms with van der Waals surface area (Å²) < 4.78 is 65.9. The minimum absolute atomic E-state index is 0.0284. The zero-order valence-corrected chi connectivity index (χ0v) is 18.7. The van der Waals surface area contributed by atoms with E-state index in [1.165, 1.54) is 6.07 Å². The summed E-state index contributed by atoms with van der Waals surface area (Å²) in [6.07, 6.45) is -4.46. The molecule has 0 unspecified atom stereocenters. The third kappa shape index (κ3) is 5.93. The molecule has 3 aromatic carbocycles. The number of sulfonamides is 1. The van der Waals surface area contributed by atoms with Gasteiger partial charge >= 0.3 is 12.2 Å². The fourth-order valence-corrected chi connectivity index (χ4v) is 4.50. The molecule has 0 aliphatic heterocycles. The Morgan fingerprint density at radius 3 is 2.18 bits per heavy atom. The smallest absolute Gasteiger partial charge is 0.377 e. The van der Waals surface area contributed by atoms with Crippen LogP contribution in [-0.4, -0.2) is 41.6 Å². The van der Waals surface area contributed by atoms with E-state index in [-0.39, 0.29) is 23.7 Å². The quantitative estimate of drug-likeness (QED) is 0.446. The van der Waals surface area contributed by atoms with Gasteiger partial charge in [-0.25, -0.2) is 17.9 Å². The third-order valence-electron chi connectivity index (χ3n) is 4.80. The summed E-state index contributed by atoms with van der Waals surface area (Å²) in [6.45, 7) is -0.105. The van der Waals surface area contributed by atoms with E-state index in [1.807, 2.05) is 31.1 Å². The van der Waals surface area contributed by atoms with Crippen molar-refractivity contribution in [3.63, 3.8) is 0 Å². The average molecular weight is 481 g/mol. The van der Waals surface area contributed by atoms with Gasteiger partial charge in [-0.05, 0) is 36.4 Å². The number of fused-ring (bicyclic) bond motifs is 1. The molecule has 7 nitrogen and oxygen atoms in total. The number of urea groups is 1. The summed E-state index contributed by atoms with van der Waals surface area (Å²) in [6, 6.07) is 13.7. The van der Waals surface area contributed by atoms with Crippen LogP contribution >= 0.6 is 0 Å². The fraction of sp³-hybridized carbons (Fsp3) is 0.227. The number of carbonyl (C=O) groups excluding carboxylic acids is 1. The van der Waals surface area contributed by atoms with Crippen LogP contribution in [0, 0.1) is 0 Å². The monoisotopic (exact) mass is 480 g/mol. The molecule has 3 aromatic rings. The van der Waals surface area contributed by atoms with Gasteiger partial charge in [-0.2, -0.15) is 13.2 Å². The van der Waals surface area contributed by atoms with Gasteiger partial charge in [0.25, 0.3) is 0 Å². The molecule has 0 spiro atoms. The summed E-state index contributed by atoms with van der Waals surface area (Å²) in [7, 11) is -0.110. The molecule has 0 aromatic heterocycles.